The number of halogens is 4. The van der Waals surface area contributed by atoms with Gasteiger partial charge in [0.2, 0.25) is 5.91 Å². The first-order chi connectivity index (χ1) is 12.8. The summed E-state index contributed by atoms with van der Waals surface area (Å²) in [6, 6.07) is 6.82. The number of aryl methyl sites for hydroxylation is 1. The molecule has 0 unspecified atom stereocenters. The quantitative estimate of drug-likeness (QED) is 0.496. The molecule has 27 heavy (non-hydrogen) atoms. The van der Waals surface area contributed by atoms with E-state index in [0.29, 0.717) is 6.54 Å². The molecule has 1 aromatic heterocycles. The van der Waals surface area contributed by atoms with Crippen molar-refractivity contribution in [1.82, 2.24) is 9.55 Å². The van der Waals surface area contributed by atoms with Crippen LogP contribution in [-0.2, 0) is 17.8 Å². The van der Waals surface area contributed by atoms with Gasteiger partial charge < -0.3 is 10.1 Å². The Morgan fingerprint density at radius 1 is 1.22 bits per heavy atom. The maximum atomic E-state index is 12.4. The van der Waals surface area contributed by atoms with Crippen molar-refractivity contribution in [3.05, 3.63) is 52.6 Å². The van der Waals surface area contributed by atoms with E-state index in [-0.39, 0.29) is 17.8 Å². The second kappa shape index (κ2) is 9.54. The van der Waals surface area contributed by atoms with E-state index in [0.717, 1.165) is 24.2 Å². The molecule has 1 N–H and O–H groups in total. The number of unbranched alkanes of at least 4 members (excludes halogenated alkanes) is 1. The molecule has 0 aliphatic rings. The molecule has 0 fully saturated rings. The Balaban J connectivity index is 2.02. The van der Waals surface area contributed by atoms with Gasteiger partial charge in [0, 0.05) is 23.6 Å². The molecule has 1 aromatic carbocycles. The monoisotopic (exact) mass is 447 g/mol. The molecule has 0 atom stereocenters. The molecule has 1 amide bonds. The predicted molar refractivity (Wildman–Crippen MR) is 97.0 cm³/mol. The van der Waals surface area contributed by atoms with Crippen LogP contribution in [0.15, 0.2) is 41.3 Å². The van der Waals surface area contributed by atoms with E-state index >= 15 is 0 Å². The summed E-state index contributed by atoms with van der Waals surface area (Å²) in [6.07, 6.45) is -1.99. The van der Waals surface area contributed by atoms with Gasteiger partial charge in [0.05, 0.1) is 6.42 Å². The molecule has 1 heterocycles. The molecular weight excluding hydrogens is 431 g/mol. The number of aromatic nitrogens is 2. The van der Waals surface area contributed by atoms with Crippen molar-refractivity contribution < 1.29 is 22.7 Å². The summed E-state index contributed by atoms with van der Waals surface area (Å²) in [7, 11) is 0. The van der Waals surface area contributed by atoms with Crippen molar-refractivity contribution in [2.45, 2.75) is 32.2 Å². The third kappa shape index (κ3) is 7.05. The first-order valence-electron chi connectivity index (χ1n) is 8.05. The normalized spacial score (nSPS) is 11.3. The van der Waals surface area contributed by atoms with Crippen molar-refractivity contribution in [2.75, 3.05) is 10.6 Å². The van der Waals surface area contributed by atoms with Crippen molar-refractivity contribution in [3.63, 3.8) is 0 Å². The SMILES string of the molecule is O=C(Cc1ccccc1OC(F)(F)F)Nc1ccn(CCCCBr)c(=O)n1. The summed E-state index contributed by atoms with van der Waals surface area (Å²) in [4.78, 5) is 27.8. The Hall–Kier alpha value is -2.36. The van der Waals surface area contributed by atoms with Gasteiger partial charge in [-0.3, -0.25) is 9.36 Å². The highest BCUT2D eigenvalue weighted by atomic mass is 79.9. The third-order valence-electron chi connectivity index (χ3n) is 3.47. The maximum absolute atomic E-state index is 12.4. The fourth-order valence-corrected chi connectivity index (χ4v) is 2.68. The highest BCUT2D eigenvalue weighted by molar-refractivity contribution is 9.09. The molecule has 0 aliphatic heterocycles. The van der Waals surface area contributed by atoms with Crippen molar-refractivity contribution >= 4 is 27.7 Å². The van der Waals surface area contributed by atoms with Gasteiger partial charge >= 0.3 is 12.1 Å². The minimum absolute atomic E-state index is 0.0379. The highest BCUT2D eigenvalue weighted by Gasteiger charge is 2.32. The van der Waals surface area contributed by atoms with Gasteiger partial charge in [-0.05, 0) is 25.0 Å². The van der Waals surface area contributed by atoms with E-state index in [1.54, 1.807) is 0 Å². The second-order valence-electron chi connectivity index (χ2n) is 5.57. The number of nitrogens with one attached hydrogen (secondary N) is 1. The molecule has 2 aromatic rings. The summed E-state index contributed by atoms with van der Waals surface area (Å²) < 4.78 is 42.6. The minimum Gasteiger partial charge on any atom is -0.405 e. The largest absolute Gasteiger partial charge is 0.573 e. The Morgan fingerprint density at radius 3 is 2.63 bits per heavy atom. The van der Waals surface area contributed by atoms with Crippen molar-refractivity contribution in [1.29, 1.82) is 0 Å². The number of anilines is 1. The fraction of sp³-hybridized carbons (Fsp3) is 0.353. The summed E-state index contributed by atoms with van der Waals surface area (Å²) >= 11 is 3.31. The Morgan fingerprint density at radius 2 is 1.96 bits per heavy atom. The van der Waals surface area contributed by atoms with Gasteiger partial charge in [-0.15, -0.1) is 13.2 Å². The lowest BCUT2D eigenvalue weighted by molar-refractivity contribution is -0.274. The van der Waals surface area contributed by atoms with Gasteiger partial charge in [-0.2, -0.15) is 4.98 Å². The topological polar surface area (TPSA) is 73.2 Å². The predicted octanol–water partition coefficient (Wildman–Crippen LogP) is 3.50. The number of nitrogens with zero attached hydrogens (tertiary/aromatic N) is 2. The molecule has 2 rings (SSSR count). The molecule has 0 spiro atoms. The fourth-order valence-electron chi connectivity index (χ4n) is 2.28. The first kappa shape index (κ1) is 20.9. The number of para-hydroxylation sites is 1. The van der Waals surface area contributed by atoms with Gasteiger partial charge in [0.15, 0.2) is 0 Å². The van der Waals surface area contributed by atoms with E-state index in [2.05, 4.69) is 31.0 Å². The number of benzene rings is 1. The zero-order valence-corrected chi connectivity index (χ0v) is 15.7. The van der Waals surface area contributed by atoms with Crippen LogP contribution in [0.1, 0.15) is 18.4 Å². The van der Waals surface area contributed by atoms with Crippen LogP contribution in [0.2, 0.25) is 0 Å². The van der Waals surface area contributed by atoms with E-state index < -0.39 is 23.7 Å². The lowest BCUT2D eigenvalue weighted by Crippen LogP contribution is -2.25. The zero-order valence-electron chi connectivity index (χ0n) is 14.1. The van der Waals surface area contributed by atoms with Crippen LogP contribution >= 0.6 is 15.9 Å². The molecule has 0 saturated carbocycles. The Bertz CT molecular complexity index is 840. The Kier molecular flexibility index (Phi) is 7.40. The smallest absolute Gasteiger partial charge is 0.405 e. The molecule has 0 saturated heterocycles. The Labute approximate surface area is 161 Å². The van der Waals surface area contributed by atoms with Gasteiger partial charge in [-0.25, -0.2) is 4.79 Å². The molecular formula is C17H17BrF3N3O3. The molecule has 0 aliphatic carbocycles. The van der Waals surface area contributed by atoms with Crippen molar-refractivity contribution in [2.24, 2.45) is 0 Å². The third-order valence-corrected chi connectivity index (χ3v) is 4.03. The number of hydrogen-bond donors (Lipinski definition) is 1. The van der Waals surface area contributed by atoms with Gasteiger partial charge in [-0.1, -0.05) is 34.1 Å². The molecule has 10 heteroatoms. The number of hydrogen-bond acceptors (Lipinski definition) is 4. The maximum Gasteiger partial charge on any atom is 0.573 e. The summed E-state index contributed by atoms with van der Waals surface area (Å²) in [5.41, 5.74) is -0.446. The van der Waals surface area contributed by atoms with Crippen molar-refractivity contribution in [3.8, 4) is 5.75 Å². The summed E-state index contributed by atoms with van der Waals surface area (Å²) in [5.74, 6) is -1.02. The average molecular weight is 448 g/mol. The molecule has 0 bridgehead atoms. The van der Waals surface area contributed by atoms with E-state index in [1.807, 2.05) is 0 Å². The standard InChI is InChI=1S/C17H17BrF3N3O3/c18-8-3-4-9-24-10-7-14(23-16(24)26)22-15(25)11-12-5-1-2-6-13(12)27-17(19,20)21/h1-2,5-7,10H,3-4,8-9,11H2,(H,22,23,25,26). The number of rotatable bonds is 8. The molecule has 0 radical (unpaired) electrons. The van der Waals surface area contributed by atoms with E-state index in [1.165, 1.54) is 35.0 Å². The van der Waals surface area contributed by atoms with Gasteiger partial charge in [0.1, 0.15) is 11.6 Å². The summed E-state index contributed by atoms with van der Waals surface area (Å²) in [6.45, 7) is 0.508. The lowest BCUT2D eigenvalue weighted by atomic mass is 10.1. The summed E-state index contributed by atoms with van der Waals surface area (Å²) in [5, 5.41) is 3.24. The van der Waals surface area contributed by atoms with E-state index in [4.69, 9.17) is 0 Å². The second-order valence-corrected chi connectivity index (χ2v) is 6.36. The van der Waals surface area contributed by atoms with Gasteiger partial charge in [0.25, 0.3) is 0 Å². The number of ether oxygens (including phenoxy) is 1. The zero-order chi connectivity index (χ0) is 19.9. The van der Waals surface area contributed by atoms with Crippen LogP contribution in [0.4, 0.5) is 19.0 Å². The minimum atomic E-state index is -4.85. The van der Waals surface area contributed by atoms with Crippen LogP contribution in [0.25, 0.3) is 0 Å². The van der Waals surface area contributed by atoms with Crippen LogP contribution in [0.3, 0.4) is 0 Å². The average Bonchev–Trinajstić information content (AvgIpc) is 2.57. The van der Waals surface area contributed by atoms with Crippen LogP contribution in [0, 0.1) is 0 Å². The highest BCUT2D eigenvalue weighted by Crippen LogP contribution is 2.26. The molecule has 6 nitrogen and oxygen atoms in total. The molecule has 146 valence electrons. The first-order valence-corrected chi connectivity index (χ1v) is 9.17. The number of carbonyl (C=O) groups is 1. The van der Waals surface area contributed by atoms with E-state index in [9.17, 15) is 22.8 Å². The lowest BCUT2D eigenvalue weighted by Gasteiger charge is -2.13. The number of amides is 1. The number of carbonyl (C=O) groups excluding carboxylic acids is 1. The number of alkyl halides is 4. The van der Waals surface area contributed by atoms with Crippen LogP contribution < -0.4 is 15.7 Å². The van der Waals surface area contributed by atoms with Crippen LogP contribution in [0.5, 0.6) is 5.75 Å². The van der Waals surface area contributed by atoms with Crippen LogP contribution in [-0.4, -0.2) is 27.2 Å².